The molecule has 0 amide bonds. The van der Waals surface area contributed by atoms with E-state index in [4.69, 9.17) is 5.26 Å². The van der Waals surface area contributed by atoms with Crippen LogP contribution >= 0.6 is 0 Å². The first kappa shape index (κ1) is 11.9. The summed E-state index contributed by atoms with van der Waals surface area (Å²) in [5, 5.41) is 9.32. The van der Waals surface area contributed by atoms with E-state index in [1.54, 1.807) is 11.0 Å². The van der Waals surface area contributed by atoms with Crippen molar-refractivity contribution in [2.75, 3.05) is 19.0 Å². The van der Waals surface area contributed by atoms with Crippen molar-refractivity contribution in [3.8, 4) is 6.07 Å². The Bertz CT molecular complexity index is 723. The number of hydrogen-bond donors (Lipinski definition) is 1. The molecule has 2 rings (SSSR count). The van der Waals surface area contributed by atoms with E-state index in [0.717, 1.165) is 5.69 Å². The van der Waals surface area contributed by atoms with Gasteiger partial charge in [0, 0.05) is 25.7 Å². The van der Waals surface area contributed by atoms with Crippen LogP contribution in [0, 0.1) is 11.3 Å². The van der Waals surface area contributed by atoms with Crippen LogP contribution in [0.25, 0.3) is 10.9 Å². The van der Waals surface area contributed by atoms with Crippen LogP contribution in [-0.2, 0) is 0 Å². The summed E-state index contributed by atoms with van der Waals surface area (Å²) in [6, 6.07) is 5.20. The lowest BCUT2D eigenvalue weighted by Crippen LogP contribution is -2.14. The molecule has 0 aliphatic heterocycles. The molecule has 0 saturated heterocycles. The molecule has 1 aromatic carbocycles. The molecule has 0 radical (unpaired) electrons. The van der Waals surface area contributed by atoms with E-state index >= 15 is 0 Å². The summed E-state index contributed by atoms with van der Waals surface area (Å²) in [5.74, 6) is 0. The molecular formula is C13H11N3O2. The SMILES string of the molecule is CN(C)c1cc(C#N)cc2c(=O)c(C=O)c[nH]c12. The second-order valence-electron chi connectivity index (χ2n) is 4.12. The molecule has 2 aromatic rings. The van der Waals surface area contributed by atoms with E-state index in [0.29, 0.717) is 22.8 Å². The molecule has 0 aliphatic carbocycles. The molecule has 0 saturated carbocycles. The summed E-state index contributed by atoms with van der Waals surface area (Å²) < 4.78 is 0. The maximum absolute atomic E-state index is 12.0. The number of carbonyl (C=O) groups is 1. The highest BCUT2D eigenvalue weighted by atomic mass is 16.1. The number of nitriles is 1. The molecule has 0 aliphatic rings. The highest BCUT2D eigenvalue weighted by Crippen LogP contribution is 2.23. The van der Waals surface area contributed by atoms with Crippen LogP contribution < -0.4 is 10.3 Å². The van der Waals surface area contributed by atoms with Gasteiger partial charge in [0.1, 0.15) is 0 Å². The average molecular weight is 241 g/mol. The highest BCUT2D eigenvalue weighted by molar-refractivity contribution is 5.94. The number of aromatic nitrogens is 1. The first-order valence-corrected chi connectivity index (χ1v) is 5.30. The van der Waals surface area contributed by atoms with Crippen molar-refractivity contribution in [3.05, 3.63) is 39.7 Å². The standard InChI is InChI=1S/C13H11N3O2/c1-16(2)11-4-8(5-14)3-10-12(11)15-6-9(7-17)13(10)18/h3-4,6-7H,1-2H3,(H,15,18). The van der Waals surface area contributed by atoms with Crippen LogP contribution in [0.4, 0.5) is 5.69 Å². The lowest BCUT2D eigenvalue weighted by molar-refractivity contribution is 0.112. The number of rotatable bonds is 2. The average Bonchev–Trinajstić information content (AvgIpc) is 2.38. The lowest BCUT2D eigenvalue weighted by Gasteiger charge is -2.15. The fourth-order valence-corrected chi connectivity index (χ4v) is 1.83. The van der Waals surface area contributed by atoms with E-state index in [2.05, 4.69) is 4.98 Å². The summed E-state index contributed by atoms with van der Waals surface area (Å²) in [4.78, 5) is 27.5. The number of fused-ring (bicyclic) bond motifs is 1. The zero-order valence-corrected chi connectivity index (χ0v) is 10.0. The van der Waals surface area contributed by atoms with Gasteiger partial charge in [-0.15, -0.1) is 0 Å². The minimum absolute atomic E-state index is 0.0577. The molecule has 1 aromatic heterocycles. The smallest absolute Gasteiger partial charge is 0.199 e. The molecule has 5 heteroatoms. The monoisotopic (exact) mass is 241 g/mol. The molecule has 1 heterocycles. The third kappa shape index (κ3) is 1.74. The van der Waals surface area contributed by atoms with Gasteiger partial charge >= 0.3 is 0 Å². The Balaban J connectivity index is 2.97. The van der Waals surface area contributed by atoms with Crippen molar-refractivity contribution in [3.63, 3.8) is 0 Å². The lowest BCUT2D eigenvalue weighted by atomic mass is 10.1. The van der Waals surface area contributed by atoms with Gasteiger partial charge in [-0.3, -0.25) is 9.59 Å². The number of nitrogens with zero attached hydrogens (tertiary/aromatic N) is 2. The zero-order chi connectivity index (χ0) is 13.3. The van der Waals surface area contributed by atoms with E-state index in [1.165, 1.54) is 12.3 Å². The summed E-state index contributed by atoms with van der Waals surface area (Å²) in [6.07, 6.45) is 1.89. The van der Waals surface area contributed by atoms with Crippen LogP contribution in [0.15, 0.2) is 23.1 Å². The number of pyridine rings is 1. The van der Waals surface area contributed by atoms with Gasteiger partial charge in [0.15, 0.2) is 11.7 Å². The van der Waals surface area contributed by atoms with Crippen LogP contribution in [0.5, 0.6) is 0 Å². The Morgan fingerprint density at radius 2 is 2.11 bits per heavy atom. The number of carbonyl (C=O) groups excluding carboxylic acids is 1. The van der Waals surface area contributed by atoms with Crippen molar-refractivity contribution in [2.45, 2.75) is 0 Å². The van der Waals surface area contributed by atoms with Crippen molar-refractivity contribution < 1.29 is 4.79 Å². The Morgan fingerprint density at radius 3 is 2.67 bits per heavy atom. The molecule has 0 spiro atoms. The molecule has 0 unspecified atom stereocenters. The predicted octanol–water partition coefficient (Wildman–Crippen LogP) is 1.28. The molecule has 1 N–H and O–H groups in total. The molecule has 90 valence electrons. The van der Waals surface area contributed by atoms with Crippen LogP contribution in [0.3, 0.4) is 0 Å². The fourth-order valence-electron chi connectivity index (χ4n) is 1.83. The minimum atomic E-state index is -0.362. The Kier molecular flexibility index (Phi) is 2.86. The summed E-state index contributed by atoms with van der Waals surface area (Å²) in [6.45, 7) is 0. The van der Waals surface area contributed by atoms with Crippen molar-refractivity contribution >= 4 is 22.9 Å². The summed E-state index contributed by atoms with van der Waals surface area (Å²) >= 11 is 0. The van der Waals surface area contributed by atoms with Crippen molar-refractivity contribution in [2.24, 2.45) is 0 Å². The molecule has 18 heavy (non-hydrogen) atoms. The van der Waals surface area contributed by atoms with Gasteiger partial charge in [0.25, 0.3) is 0 Å². The topological polar surface area (TPSA) is 77.0 Å². The second kappa shape index (κ2) is 4.34. The fraction of sp³-hybridized carbons (Fsp3) is 0.154. The van der Waals surface area contributed by atoms with E-state index < -0.39 is 0 Å². The van der Waals surface area contributed by atoms with Gasteiger partial charge in [-0.25, -0.2) is 0 Å². The number of nitrogens with one attached hydrogen (secondary N) is 1. The number of H-pyrrole nitrogens is 1. The predicted molar refractivity (Wildman–Crippen MR) is 69.0 cm³/mol. The number of anilines is 1. The van der Waals surface area contributed by atoms with E-state index in [-0.39, 0.29) is 11.0 Å². The van der Waals surface area contributed by atoms with Gasteiger partial charge in [0.2, 0.25) is 0 Å². The molecular weight excluding hydrogens is 230 g/mol. The normalized spacial score (nSPS) is 10.1. The Hall–Kier alpha value is -2.61. The highest BCUT2D eigenvalue weighted by Gasteiger charge is 2.11. The third-order valence-corrected chi connectivity index (χ3v) is 2.73. The molecule has 0 bridgehead atoms. The maximum atomic E-state index is 12.0. The number of hydrogen-bond acceptors (Lipinski definition) is 4. The number of benzene rings is 1. The minimum Gasteiger partial charge on any atom is -0.376 e. The van der Waals surface area contributed by atoms with Gasteiger partial charge in [0.05, 0.1) is 28.4 Å². The van der Waals surface area contributed by atoms with E-state index in [9.17, 15) is 9.59 Å². The van der Waals surface area contributed by atoms with Gasteiger partial charge in [-0.05, 0) is 12.1 Å². The summed E-state index contributed by atoms with van der Waals surface area (Å²) in [5.41, 5.74) is 1.44. The maximum Gasteiger partial charge on any atom is 0.199 e. The molecule has 0 atom stereocenters. The van der Waals surface area contributed by atoms with E-state index in [1.807, 2.05) is 20.2 Å². The van der Waals surface area contributed by atoms with Gasteiger partial charge in [-0.2, -0.15) is 5.26 Å². The Morgan fingerprint density at radius 1 is 1.39 bits per heavy atom. The Labute approximate surface area is 103 Å². The second-order valence-corrected chi connectivity index (χ2v) is 4.12. The molecule has 0 fully saturated rings. The van der Waals surface area contributed by atoms with Gasteiger partial charge < -0.3 is 9.88 Å². The molecule has 5 nitrogen and oxygen atoms in total. The van der Waals surface area contributed by atoms with Crippen molar-refractivity contribution in [1.82, 2.24) is 4.98 Å². The summed E-state index contributed by atoms with van der Waals surface area (Å²) in [7, 11) is 3.64. The van der Waals surface area contributed by atoms with Gasteiger partial charge in [-0.1, -0.05) is 0 Å². The first-order chi connectivity index (χ1) is 8.58. The number of aromatic amines is 1. The first-order valence-electron chi connectivity index (χ1n) is 5.30. The quantitative estimate of drug-likeness (QED) is 0.803. The third-order valence-electron chi connectivity index (χ3n) is 2.73. The van der Waals surface area contributed by atoms with Crippen LogP contribution in [-0.4, -0.2) is 25.4 Å². The van der Waals surface area contributed by atoms with Crippen LogP contribution in [0.1, 0.15) is 15.9 Å². The van der Waals surface area contributed by atoms with Crippen LogP contribution in [0.2, 0.25) is 0 Å². The van der Waals surface area contributed by atoms with Crippen molar-refractivity contribution in [1.29, 1.82) is 5.26 Å². The largest absolute Gasteiger partial charge is 0.376 e. The number of aldehydes is 1. The zero-order valence-electron chi connectivity index (χ0n) is 10.0.